The number of hydrogen-bond acceptors (Lipinski definition) is 2. The van der Waals surface area contributed by atoms with Crippen LogP contribution < -0.4 is 10.6 Å². The molecule has 3 nitrogen and oxygen atoms in total. The summed E-state index contributed by atoms with van der Waals surface area (Å²) in [6.45, 7) is 4.52. The highest BCUT2D eigenvalue weighted by molar-refractivity contribution is 5.83. The molecule has 0 aliphatic heterocycles. The third kappa shape index (κ3) is 4.35. The second-order valence-corrected chi connectivity index (χ2v) is 4.89. The van der Waals surface area contributed by atoms with Crippen LogP contribution >= 0.6 is 0 Å². The molecule has 2 aromatic carbocycles. The van der Waals surface area contributed by atoms with Gasteiger partial charge in [-0.25, -0.2) is 0 Å². The van der Waals surface area contributed by atoms with Crippen molar-refractivity contribution in [1.82, 2.24) is 10.6 Å². The van der Waals surface area contributed by atoms with Gasteiger partial charge in [-0.2, -0.15) is 0 Å². The number of rotatable bonds is 7. The molecule has 0 fully saturated rings. The first-order chi connectivity index (χ1) is 9.79. The van der Waals surface area contributed by atoms with Crippen LogP contribution in [-0.4, -0.2) is 25.5 Å². The van der Waals surface area contributed by atoms with E-state index in [1.54, 1.807) is 0 Å². The summed E-state index contributed by atoms with van der Waals surface area (Å²) in [5, 5.41) is 8.58. The summed E-state index contributed by atoms with van der Waals surface area (Å²) in [6, 6.07) is 14.7. The van der Waals surface area contributed by atoms with E-state index >= 15 is 0 Å². The molecule has 0 spiro atoms. The number of likely N-dealkylation sites (N-methyl/N-ethyl adjacent to an activating group) is 1. The van der Waals surface area contributed by atoms with Crippen molar-refractivity contribution in [2.45, 2.75) is 19.8 Å². The van der Waals surface area contributed by atoms with E-state index in [2.05, 4.69) is 47.9 Å². The predicted octanol–water partition coefficient (Wildman–Crippen LogP) is 2.50. The summed E-state index contributed by atoms with van der Waals surface area (Å²) < 4.78 is 0. The zero-order chi connectivity index (χ0) is 14.2. The summed E-state index contributed by atoms with van der Waals surface area (Å²) in [5.41, 5.74) is 1.21. The molecular weight excluding hydrogens is 248 g/mol. The molecular formula is C17H22N2O. The molecule has 0 saturated carbocycles. The molecule has 106 valence electrons. The van der Waals surface area contributed by atoms with Gasteiger partial charge in [0.2, 0.25) is 5.91 Å². The number of carbonyl (C=O) groups is 1. The molecule has 0 unspecified atom stereocenters. The van der Waals surface area contributed by atoms with Crippen molar-refractivity contribution in [2.75, 3.05) is 19.6 Å². The highest BCUT2D eigenvalue weighted by Crippen LogP contribution is 2.16. The number of aryl methyl sites for hydroxylation is 1. The van der Waals surface area contributed by atoms with Crippen molar-refractivity contribution in [3.63, 3.8) is 0 Å². The first-order valence-corrected chi connectivity index (χ1v) is 7.24. The molecule has 0 atom stereocenters. The third-order valence-electron chi connectivity index (χ3n) is 3.33. The Morgan fingerprint density at radius 2 is 1.85 bits per heavy atom. The van der Waals surface area contributed by atoms with Gasteiger partial charge in [0.15, 0.2) is 0 Å². The van der Waals surface area contributed by atoms with Crippen LogP contribution in [0.3, 0.4) is 0 Å². The lowest BCUT2D eigenvalue weighted by molar-refractivity contribution is -0.121. The molecule has 0 bridgehead atoms. The lowest BCUT2D eigenvalue weighted by atomic mass is 10.0. The fourth-order valence-corrected chi connectivity index (χ4v) is 2.21. The molecule has 0 aliphatic rings. The van der Waals surface area contributed by atoms with Gasteiger partial charge in [-0.1, -0.05) is 49.4 Å². The highest BCUT2D eigenvalue weighted by Gasteiger charge is 2.02. The topological polar surface area (TPSA) is 41.1 Å². The van der Waals surface area contributed by atoms with Gasteiger partial charge < -0.3 is 10.6 Å². The van der Waals surface area contributed by atoms with Gasteiger partial charge in [0.25, 0.3) is 0 Å². The van der Waals surface area contributed by atoms with Crippen LogP contribution in [0.15, 0.2) is 42.5 Å². The van der Waals surface area contributed by atoms with E-state index in [-0.39, 0.29) is 5.91 Å². The lowest BCUT2D eigenvalue weighted by Crippen LogP contribution is -2.31. The summed E-state index contributed by atoms with van der Waals surface area (Å²) in [4.78, 5) is 11.7. The first kappa shape index (κ1) is 14.5. The van der Waals surface area contributed by atoms with E-state index < -0.39 is 0 Å². The van der Waals surface area contributed by atoms with Crippen molar-refractivity contribution in [3.05, 3.63) is 48.0 Å². The zero-order valence-corrected chi connectivity index (χ0v) is 12.0. The van der Waals surface area contributed by atoms with Crippen molar-refractivity contribution in [1.29, 1.82) is 0 Å². The minimum atomic E-state index is 0.121. The summed E-state index contributed by atoms with van der Waals surface area (Å²) in [6.07, 6.45) is 1.34. The van der Waals surface area contributed by atoms with Crippen LogP contribution in [0.25, 0.3) is 10.8 Å². The Morgan fingerprint density at radius 3 is 2.65 bits per heavy atom. The van der Waals surface area contributed by atoms with Crippen LogP contribution in [0.2, 0.25) is 0 Å². The second kappa shape index (κ2) is 7.65. The van der Waals surface area contributed by atoms with Crippen molar-refractivity contribution in [3.8, 4) is 0 Å². The van der Waals surface area contributed by atoms with E-state index in [9.17, 15) is 4.79 Å². The average Bonchev–Trinajstić information content (AvgIpc) is 2.49. The molecule has 0 heterocycles. The van der Waals surface area contributed by atoms with E-state index in [0.717, 1.165) is 19.5 Å². The van der Waals surface area contributed by atoms with Crippen molar-refractivity contribution >= 4 is 16.7 Å². The number of amides is 1. The van der Waals surface area contributed by atoms with E-state index in [4.69, 9.17) is 0 Å². The van der Waals surface area contributed by atoms with E-state index in [0.29, 0.717) is 13.0 Å². The van der Waals surface area contributed by atoms with Crippen LogP contribution in [0.5, 0.6) is 0 Å². The zero-order valence-electron chi connectivity index (χ0n) is 12.0. The van der Waals surface area contributed by atoms with Crippen molar-refractivity contribution in [2.24, 2.45) is 0 Å². The summed E-state index contributed by atoms with van der Waals surface area (Å²) in [7, 11) is 0. The van der Waals surface area contributed by atoms with Gasteiger partial charge in [-0.3, -0.25) is 4.79 Å². The summed E-state index contributed by atoms with van der Waals surface area (Å²) >= 11 is 0. The monoisotopic (exact) mass is 270 g/mol. The Balaban J connectivity index is 1.81. The van der Waals surface area contributed by atoms with Gasteiger partial charge in [-0.15, -0.1) is 0 Å². The predicted molar refractivity (Wildman–Crippen MR) is 83.8 cm³/mol. The van der Waals surface area contributed by atoms with Crippen LogP contribution in [-0.2, 0) is 11.2 Å². The number of fused-ring (bicyclic) bond motifs is 1. The maximum absolute atomic E-state index is 11.7. The van der Waals surface area contributed by atoms with Gasteiger partial charge in [0.1, 0.15) is 0 Å². The number of benzene rings is 2. The minimum absolute atomic E-state index is 0.121. The van der Waals surface area contributed by atoms with Gasteiger partial charge >= 0.3 is 0 Å². The number of carbonyl (C=O) groups excluding carboxylic acids is 1. The van der Waals surface area contributed by atoms with Crippen molar-refractivity contribution < 1.29 is 4.79 Å². The Bertz CT molecular complexity index is 566. The first-order valence-electron chi connectivity index (χ1n) is 7.24. The SMILES string of the molecule is CCNCCNC(=O)CCc1ccc2ccccc2c1. The van der Waals surface area contributed by atoms with Gasteiger partial charge in [-0.05, 0) is 29.3 Å². The van der Waals surface area contributed by atoms with Crippen LogP contribution in [0, 0.1) is 0 Å². The van der Waals surface area contributed by atoms with Gasteiger partial charge in [0.05, 0.1) is 0 Å². The fourth-order valence-electron chi connectivity index (χ4n) is 2.21. The fraction of sp³-hybridized carbons (Fsp3) is 0.353. The largest absolute Gasteiger partial charge is 0.355 e. The molecule has 3 heteroatoms. The Hall–Kier alpha value is -1.87. The maximum atomic E-state index is 11.7. The summed E-state index contributed by atoms with van der Waals surface area (Å²) in [5.74, 6) is 0.121. The smallest absolute Gasteiger partial charge is 0.220 e. The molecule has 0 radical (unpaired) electrons. The second-order valence-electron chi connectivity index (χ2n) is 4.89. The van der Waals surface area contributed by atoms with Gasteiger partial charge in [0, 0.05) is 19.5 Å². The highest BCUT2D eigenvalue weighted by atomic mass is 16.1. The molecule has 2 aromatic rings. The van der Waals surface area contributed by atoms with Crippen LogP contribution in [0.4, 0.5) is 0 Å². The molecule has 20 heavy (non-hydrogen) atoms. The quantitative estimate of drug-likeness (QED) is 0.759. The standard InChI is InChI=1S/C17H22N2O/c1-2-18-11-12-19-17(20)10-8-14-7-9-15-5-3-4-6-16(15)13-14/h3-7,9,13,18H,2,8,10-12H2,1H3,(H,19,20). The molecule has 0 aliphatic carbocycles. The third-order valence-corrected chi connectivity index (χ3v) is 3.33. The normalized spacial score (nSPS) is 10.7. The van der Waals surface area contributed by atoms with Crippen LogP contribution in [0.1, 0.15) is 18.9 Å². The molecule has 2 rings (SSSR count). The minimum Gasteiger partial charge on any atom is -0.355 e. The Kier molecular flexibility index (Phi) is 5.56. The average molecular weight is 270 g/mol. The van der Waals surface area contributed by atoms with E-state index in [1.807, 2.05) is 12.1 Å². The molecule has 1 amide bonds. The molecule has 2 N–H and O–H groups in total. The Labute approximate surface area is 120 Å². The maximum Gasteiger partial charge on any atom is 0.220 e. The molecule has 0 aromatic heterocycles. The number of nitrogens with one attached hydrogen (secondary N) is 2. The van der Waals surface area contributed by atoms with E-state index in [1.165, 1.54) is 16.3 Å². The number of hydrogen-bond donors (Lipinski definition) is 2. The molecule has 0 saturated heterocycles. The lowest BCUT2D eigenvalue weighted by Gasteiger charge is -2.06. The Morgan fingerprint density at radius 1 is 1.05 bits per heavy atom.